The van der Waals surface area contributed by atoms with E-state index < -0.39 is 9.84 Å². The van der Waals surface area contributed by atoms with Crippen molar-refractivity contribution in [1.82, 2.24) is 24.6 Å². The molecule has 3 heterocycles. The molecule has 0 unspecified atom stereocenters. The van der Waals surface area contributed by atoms with Crippen molar-refractivity contribution in [1.29, 1.82) is 0 Å². The fourth-order valence-corrected chi connectivity index (χ4v) is 3.43. The van der Waals surface area contributed by atoms with Crippen LogP contribution in [0, 0.1) is 0 Å². The van der Waals surface area contributed by atoms with Gasteiger partial charge in [0.15, 0.2) is 15.5 Å². The topological polar surface area (TPSA) is 121 Å². The number of pyridine rings is 1. The minimum absolute atomic E-state index is 0.102. The average molecular weight is 426 g/mol. The summed E-state index contributed by atoms with van der Waals surface area (Å²) in [5.74, 6) is 1.56. The van der Waals surface area contributed by atoms with E-state index >= 15 is 0 Å². The van der Waals surface area contributed by atoms with Gasteiger partial charge in [0.25, 0.3) is 0 Å². The highest BCUT2D eigenvalue weighted by molar-refractivity contribution is 7.90. The molecule has 0 aliphatic rings. The molecule has 1 aromatic carbocycles. The number of fused-ring (bicyclic) bond motifs is 1. The Hall–Kier alpha value is -3.73. The lowest BCUT2D eigenvalue weighted by Crippen LogP contribution is -1.99. The molecule has 0 aliphatic heterocycles. The normalized spacial score (nSPS) is 11.4. The van der Waals surface area contributed by atoms with Crippen LogP contribution in [0.5, 0.6) is 11.5 Å². The van der Waals surface area contributed by atoms with Gasteiger partial charge in [0.1, 0.15) is 17.2 Å². The van der Waals surface area contributed by atoms with Crippen LogP contribution in [0.3, 0.4) is 0 Å². The van der Waals surface area contributed by atoms with Gasteiger partial charge >= 0.3 is 0 Å². The summed E-state index contributed by atoms with van der Waals surface area (Å²) in [6, 6.07) is 6.84. The Kier molecular flexibility index (Phi) is 4.96. The standard InChI is InChI=1S/C19H18N6O4S/c1-28-14-7-13(8-15(9-14)29-2)22-19-23-18-17(21-4-5-25(18)24-19)12-6-16(11-20-10-12)30(3,26)27/h4-11H,1-3H3,(H,22,24). The van der Waals surface area contributed by atoms with Gasteiger partial charge in [-0.25, -0.2) is 12.9 Å². The summed E-state index contributed by atoms with van der Waals surface area (Å²) in [6.45, 7) is 0. The molecule has 0 bridgehead atoms. The maximum absolute atomic E-state index is 11.9. The molecule has 4 rings (SSSR count). The van der Waals surface area contributed by atoms with Crippen LogP contribution in [0.15, 0.2) is 53.9 Å². The van der Waals surface area contributed by atoms with Gasteiger partial charge in [-0.1, -0.05) is 0 Å². The van der Waals surface area contributed by atoms with Gasteiger partial charge in [0.05, 0.1) is 19.1 Å². The quantitative estimate of drug-likeness (QED) is 0.495. The monoisotopic (exact) mass is 426 g/mol. The van der Waals surface area contributed by atoms with Crippen LogP contribution in [0.2, 0.25) is 0 Å². The van der Waals surface area contributed by atoms with Gasteiger partial charge in [-0.05, 0) is 6.07 Å². The molecule has 154 valence electrons. The first-order valence-electron chi connectivity index (χ1n) is 8.74. The lowest BCUT2D eigenvalue weighted by Gasteiger charge is -2.08. The van der Waals surface area contributed by atoms with Gasteiger partial charge in [-0.15, -0.1) is 5.10 Å². The molecule has 0 fully saturated rings. The third kappa shape index (κ3) is 3.87. The van der Waals surface area contributed by atoms with Crippen LogP contribution >= 0.6 is 0 Å². The summed E-state index contributed by atoms with van der Waals surface area (Å²) >= 11 is 0. The number of hydrogen-bond donors (Lipinski definition) is 1. The maximum atomic E-state index is 11.9. The summed E-state index contributed by atoms with van der Waals surface area (Å²) in [7, 11) is -0.269. The van der Waals surface area contributed by atoms with Crippen molar-refractivity contribution in [3.63, 3.8) is 0 Å². The predicted molar refractivity (Wildman–Crippen MR) is 110 cm³/mol. The van der Waals surface area contributed by atoms with Crippen molar-refractivity contribution in [2.75, 3.05) is 25.8 Å². The summed E-state index contributed by atoms with van der Waals surface area (Å²) in [4.78, 5) is 13.0. The zero-order valence-electron chi connectivity index (χ0n) is 16.4. The Balaban J connectivity index is 1.75. The second kappa shape index (κ2) is 7.59. The Morgan fingerprint density at radius 2 is 1.77 bits per heavy atom. The van der Waals surface area contributed by atoms with Crippen molar-refractivity contribution >= 4 is 27.1 Å². The van der Waals surface area contributed by atoms with Gasteiger partial charge < -0.3 is 14.8 Å². The third-order valence-corrected chi connectivity index (χ3v) is 5.36. The number of rotatable bonds is 6. The van der Waals surface area contributed by atoms with E-state index in [4.69, 9.17) is 9.47 Å². The average Bonchev–Trinajstić information content (AvgIpc) is 3.15. The SMILES string of the molecule is COc1cc(Nc2nc3c(-c4cncc(S(C)(=O)=O)c4)nccn3n2)cc(OC)c1. The molecule has 0 saturated carbocycles. The van der Waals surface area contributed by atoms with E-state index in [9.17, 15) is 8.42 Å². The Labute approximate surface area is 172 Å². The van der Waals surface area contributed by atoms with Crippen LogP contribution in [-0.2, 0) is 9.84 Å². The molecule has 0 radical (unpaired) electrons. The Morgan fingerprint density at radius 1 is 1.03 bits per heavy atom. The largest absolute Gasteiger partial charge is 0.497 e. The number of nitrogens with zero attached hydrogens (tertiary/aromatic N) is 5. The number of hydrogen-bond acceptors (Lipinski definition) is 9. The molecular formula is C19H18N6O4S. The van der Waals surface area contributed by atoms with E-state index in [2.05, 4.69) is 25.4 Å². The van der Waals surface area contributed by atoms with E-state index in [0.29, 0.717) is 40.0 Å². The molecule has 4 aromatic rings. The zero-order valence-corrected chi connectivity index (χ0v) is 17.2. The fraction of sp³-hybridized carbons (Fsp3) is 0.158. The molecule has 11 heteroatoms. The van der Waals surface area contributed by atoms with E-state index in [0.717, 1.165) is 6.26 Å². The minimum atomic E-state index is -3.40. The fourth-order valence-electron chi connectivity index (χ4n) is 2.83. The Morgan fingerprint density at radius 3 is 2.43 bits per heavy atom. The number of benzene rings is 1. The molecule has 3 aromatic heterocycles. The van der Waals surface area contributed by atoms with Gasteiger partial charge in [0.2, 0.25) is 5.95 Å². The predicted octanol–water partition coefficient (Wildman–Crippen LogP) is 2.35. The van der Waals surface area contributed by atoms with E-state index in [1.54, 1.807) is 49.3 Å². The Bertz CT molecular complexity index is 1310. The lowest BCUT2D eigenvalue weighted by molar-refractivity contribution is 0.395. The number of aromatic nitrogens is 5. The van der Waals surface area contributed by atoms with Crippen LogP contribution in [-0.4, -0.2) is 53.5 Å². The van der Waals surface area contributed by atoms with Crippen LogP contribution in [0.4, 0.5) is 11.6 Å². The smallest absolute Gasteiger partial charge is 0.247 e. The highest BCUT2D eigenvalue weighted by Gasteiger charge is 2.15. The summed E-state index contributed by atoms with van der Waals surface area (Å²) in [5, 5.41) is 7.53. The molecule has 0 spiro atoms. The summed E-state index contributed by atoms with van der Waals surface area (Å²) in [5.41, 5.74) is 2.10. The second-order valence-corrected chi connectivity index (χ2v) is 8.40. The molecule has 1 N–H and O–H groups in total. The van der Waals surface area contributed by atoms with Crippen molar-refractivity contribution in [2.24, 2.45) is 0 Å². The number of ether oxygens (including phenoxy) is 2. The number of sulfone groups is 1. The van der Waals surface area contributed by atoms with Crippen LogP contribution < -0.4 is 14.8 Å². The second-order valence-electron chi connectivity index (χ2n) is 6.39. The third-order valence-electron chi connectivity index (χ3n) is 4.28. The summed E-state index contributed by atoms with van der Waals surface area (Å²) < 4.78 is 35.8. The lowest BCUT2D eigenvalue weighted by atomic mass is 10.2. The number of methoxy groups -OCH3 is 2. The highest BCUT2D eigenvalue weighted by Crippen LogP contribution is 2.28. The minimum Gasteiger partial charge on any atom is -0.497 e. The van der Waals surface area contributed by atoms with E-state index in [1.807, 2.05) is 0 Å². The highest BCUT2D eigenvalue weighted by atomic mass is 32.2. The van der Waals surface area contributed by atoms with Crippen LogP contribution in [0.1, 0.15) is 0 Å². The summed E-state index contributed by atoms with van der Waals surface area (Å²) in [6.07, 6.45) is 7.17. The first-order chi connectivity index (χ1) is 14.4. The first-order valence-corrected chi connectivity index (χ1v) is 10.6. The molecule has 0 saturated heterocycles. The van der Waals surface area contributed by atoms with Crippen molar-refractivity contribution < 1.29 is 17.9 Å². The van der Waals surface area contributed by atoms with Crippen molar-refractivity contribution in [2.45, 2.75) is 4.90 Å². The van der Waals surface area contributed by atoms with Crippen LogP contribution in [0.25, 0.3) is 16.9 Å². The molecule has 0 atom stereocenters. The molecule has 0 amide bonds. The molecule has 0 aliphatic carbocycles. The van der Waals surface area contributed by atoms with Crippen molar-refractivity contribution in [3.05, 3.63) is 49.1 Å². The number of anilines is 2. The van der Waals surface area contributed by atoms with Gasteiger partial charge in [-0.3, -0.25) is 9.97 Å². The van der Waals surface area contributed by atoms with Crippen molar-refractivity contribution in [3.8, 4) is 22.8 Å². The molecule has 30 heavy (non-hydrogen) atoms. The molecular weight excluding hydrogens is 408 g/mol. The maximum Gasteiger partial charge on any atom is 0.247 e. The van der Waals surface area contributed by atoms with E-state index in [1.165, 1.54) is 18.5 Å². The van der Waals surface area contributed by atoms with E-state index in [-0.39, 0.29) is 4.90 Å². The van der Waals surface area contributed by atoms with Gasteiger partial charge in [0, 0.05) is 60.5 Å². The van der Waals surface area contributed by atoms with Gasteiger partial charge in [-0.2, -0.15) is 4.98 Å². The molecule has 10 nitrogen and oxygen atoms in total. The zero-order chi connectivity index (χ0) is 21.3. The number of nitrogens with one attached hydrogen (secondary N) is 1. The first kappa shape index (κ1) is 19.6.